The Kier molecular flexibility index (Phi) is 7.39. The van der Waals surface area contributed by atoms with Crippen molar-refractivity contribution in [1.82, 2.24) is 0 Å². The number of halogens is 5. The molecule has 2 N–H and O–H groups in total. The lowest BCUT2D eigenvalue weighted by Gasteiger charge is -2.17. The van der Waals surface area contributed by atoms with Gasteiger partial charge in [-0.2, -0.15) is 0 Å². The lowest BCUT2D eigenvalue weighted by molar-refractivity contribution is -0.150. The van der Waals surface area contributed by atoms with Crippen molar-refractivity contribution in [1.29, 1.82) is 0 Å². The van der Waals surface area contributed by atoms with E-state index in [1.165, 1.54) is 6.92 Å². The van der Waals surface area contributed by atoms with E-state index >= 15 is 0 Å². The third-order valence-electron chi connectivity index (χ3n) is 2.20. The third-order valence-corrected chi connectivity index (χ3v) is 2.66. The van der Waals surface area contributed by atoms with Crippen molar-refractivity contribution in [2.45, 2.75) is 19.1 Å². The zero-order chi connectivity index (χ0) is 13.9. The Bertz CT molecular complexity index is 439. The molecule has 2 atom stereocenters. The van der Waals surface area contributed by atoms with Crippen LogP contribution in [-0.4, -0.2) is 18.7 Å². The number of esters is 1. The quantitative estimate of drug-likeness (QED) is 0.838. The highest BCUT2D eigenvalue weighted by Gasteiger charge is 2.31. The molecule has 0 saturated heterocycles. The lowest BCUT2D eigenvalue weighted by atomic mass is 10.0. The van der Waals surface area contributed by atoms with Gasteiger partial charge in [0.05, 0.1) is 12.6 Å². The molecule has 0 aromatic heterocycles. The second-order valence-electron chi connectivity index (χ2n) is 3.46. The Morgan fingerprint density at radius 2 is 1.89 bits per heavy atom. The molecule has 1 unspecified atom stereocenters. The molecule has 0 amide bonds. The summed E-state index contributed by atoms with van der Waals surface area (Å²) in [6.45, 7) is 1.44. The van der Waals surface area contributed by atoms with Crippen molar-refractivity contribution in [3.8, 4) is 0 Å². The van der Waals surface area contributed by atoms with E-state index in [1.807, 2.05) is 0 Å². The summed E-state index contributed by atoms with van der Waals surface area (Å²) in [6.07, 6.45) is -2.32. The van der Waals surface area contributed by atoms with Crippen LogP contribution in [-0.2, 0) is 9.53 Å². The first-order chi connectivity index (χ1) is 8.38. The fourth-order valence-electron chi connectivity index (χ4n) is 1.39. The van der Waals surface area contributed by atoms with Gasteiger partial charge in [0.2, 0.25) is 6.17 Å². The molecule has 0 saturated carbocycles. The zero-order valence-electron chi connectivity index (χ0n) is 9.83. The van der Waals surface area contributed by atoms with Crippen LogP contribution in [0.3, 0.4) is 0 Å². The van der Waals surface area contributed by atoms with Gasteiger partial charge in [0.15, 0.2) is 0 Å². The summed E-state index contributed by atoms with van der Waals surface area (Å²) >= 11 is 2.88. The average Bonchev–Trinajstić information content (AvgIpc) is 2.26. The summed E-state index contributed by atoms with van der Waals surface area (Å²) in [5.41, 5.74) is 4.67. The van der Waals surface area contributed by atoms with Gasteiger partial charge in [0.1, 0.15) is 11.6 Å². The van der Waals surface area contributed by atoms with Crippen LogP contribution in [0.4, 0.5) is 13.2 Å². The summed E-state index contributed by atoms with van der Waals surface area (Å²) in [5, 5.41) is 0. The van der Waals surface area contributed by atoms with E-state index in [-0.39, 0.29) is 23.5 Å². The number of rotatable bonds is 4. The first-order valence-corrected chi connectivity index (χ1v) is 5.88. The van der Waals surface area contributed by atoms with Crippen LogP contribution in [0, 0.1) is 11.6 Å². The molecule has 8 heteroatoms. The monoisotopic (exact) mass is 361 g/mol. The molecule has 0 spiro atoms. The van der Waals surface area contributed by atoms with Gasteiger partial charge < -0.3 is 10.5 Å². The number of nitrogens with two attached hydrogens (primary N) is 1. The van der Waals surface area contributed by atoms with Gasteiger partial charge in [0, 0.05) is 10.0 Å². The molecule has 1 aromatic carbocycles. The highest BCUT2D eigenvalue weighted by atomic mass is 79.9. The van der Waals surface area contributed by atoms with E-state index in [0.29, 0.717) is 0 Å². The average molecular weight is 363 g/mol. The Morgan fingerprint density at radius 3 is 2.32 bits per heavy atom. The molecule has 0 aliphatic carbocycles. The maximum Gasteiger partial charge on any atom is 0.342 e. The molecule has 1 rings (SSSR count). The highest BCUT2D eigenvalue weighted by molar-refractivity contribution is 9.10. The maximum atomic E-state index is 13.6. The molecular formula is C11H12BrClF3NO2. The summed E-state index contributed by atoms with van der Waals surface area (Å²) in [5.74, 6) is -3.30. The van der Waals surface area contributed by atoms with Crippen LogP contribution in [0.2, 0.25) is 0 Å². The van der Waals surface area contributed by atoms with Crippen LogP contribution in [0.15, 0.2) is 16.6 Å². The molecule has 0 aliphatic heterocycles. The normalized spacial score (nSPS) is 13.4. The van der Waals surface area contributed by atoms with E-state index in [0.717, 1.165) is 12.1 Å². The molecular weight excluding hydrogens is 350 g/mol. The predicted molar refractivity (Wildman–Crippen MR) is 69.8 cm³/mol. The van der Waals surface area contributed by atoms with Gasteiger partial charge in [-0.3, -0.25) is 0 Å². The molecule has 0 radical (unpaired) electrons. The Labute approximate surface area is 122 Å². The largest absolute Gasteiger partial charge is 0.464 e. The Hall–Kier alpha value is -0.790. The van der Waals surface area contributed by atoms with Crippen LogP contribution in [0.5, 0.6) is 0 Å². The highest BCUT2D eigenvalue weighted by Crippen LogP contribution is 2.27. The number of ether oxygens (including phenoxy) is 1. The van der Waals surface area contributed by atoms with Crippen molar-refractivity contribution in [3.63, 3.8) is 0 Å². The fourth-order valence-corrected chi connectivity index (χ4v) is 1.79. The molecule has 0 fully saturated rings. The number of alkyl halides is 1. The molecule has 0 bridgehead atoms. The molecule has 3 nitrogen and oxygen atoms in total. The molecule has 108 valence electrons. The van der Waals surface area contributed by atoms with Gasteiger partial charge in [-0.1, -0.05) is 15.9 Å². The van der Waals surface area contributed by atoms with Crippen LogP contribution < -0.4 is 5.73 Å². The second kappa shape index (κ2) is 7.72. The van der Waals surface area contributed by atoms with Crippen molar-refractivity contribution in [2.24, 2.45) is 5.73 Å². The van der Waals surface area contributed by atoms with Crippen LogP contribution in [0.25, 0.3) is 0 Å². The van der Waals surface area contributed by atoms with Gasteiger partial charge in [-0.05, 0) is 19.1 Å². The predicted octanol–water partition coefficient (Wildman–Crippen LogP) is 3.05. The summed E-state index contributed by atoms with van der Waals surface area (Å²) in [4.78, 5) is 11.1. The first-order valence-electron chi connectivity index (χ1n) is 5.09. The first kappa shape index (κ1) is 18.2. The Morgan fingerprint density at radius 1 is 1.42 bits per heavy atom. The topological polar surface area (TPSA) is 52.3 Å². The van der Waals surface area contributed by atoms with Crippen molar-refractivity contribution in [2.75, 3.05) is 6.61 Å². The molecule has 0 aliphatic rings. The fraction of sp³-hybridized carbons (Fsp3) is 0.364. The summed E-state index contributed by atoms with van der Waals surface area (Å²) in [7, 11) is 0. The van der Waals surface area contributed by atoms with E-state index in [2.05, 4.69) is 20.7 Å². The molecule has 0 heterocycles. The minimum Gasteiger partial charge on any atom is -0.464 e. The van der Waals surface area contributed by atoms with Crippen molar-refractivity contribution < 1.29 is 22.7 Å². The summed E-state index contributed by atoms with van der Waals surface area (Å²) < 4.78 is 45.1. The van der Waals surface area contributed by atoms with Crippen molar-refractivity contribution in [3.05, 3.63) is 33.8 Å². The number of hydrogen-bond acceptors (Lipinski definition) is 3. The van der Waals surface area contributed by atoms with E-state index in [1.54, 1.807) is 0 Å². The Balaban J connectivity index is 0.00000324. The van der Waals surface area contributed by atoms with Crippen molar-refractivity contribution >= 4 is 34.3 Å². The van der Waals surface area contributed by atoms with Crippen LogP contribution >= 0.6 is 28.3 Å². The minimum atomic E-state index is -2.32. The zero-order valence-corrected chi connectivity index (χ0v) is 12.2. The van der Waals surface area contributed by atoms with E-state index in [4.69, 9.17) is 5.73 Å². The second-order valence-corrected chi connectivity index (χ2v) is 4.38. The van der Waals surface area contributed by atoms with Gasteiger partial charge in [0.25, 0.3) is 0 Å². The molecule has 19 heavy (non-hydrogen) atoms. The smallest absolute Gasteiger partial charge is 0.342 e. The van der Waals surface area contributed by atoms with Gasteiger partial charge in [-0.25, -0.2) is 18.0 Å². The van der Waals surface area contributed by atoms with E-state index < -0.39 is 35.4 Å². The SMILES string of the molecule is CCOC(=O)C(F)[C@@H](N)c1c(F)cc(Br)cc1F.Cl. The number of benzene rings is 1. The number of carbonyl (C=O) groups is 1. The number of carbonyl (C=O) groups excluding carboxylic acids is 1. The van der Waals surface area contributed by atoms with Gasteiger partial charge in [-0.15, -0.1) is 12.4 Å². The third kappa shape index (κ3) is 4.36. The van der Waals surface area contributed by atoms with Crippen LogP contribution in [0.1, 0.15) is 18.5 Å². The van der Waals surface area contributed by atoms with E-state index in [9.17, 15) is 18.0 Å². The standard InChI is InChI=1S/C11H11BrF3NO2.ClH/c1-2-18-11(17)9(15)10(16)8-6(13)3-5(12)4-7(8)14;/h3-4,9-10H,2,16H2,1H3;1H/t9?,10-;/m0./s1. The lowest BCUT2D eigenvalue weighted by Crippen LogP contribution is -2.32. The minimum absolute atomic E-state index is 0. The maximum absolute atomic E-state index is 13.6. The summed E-state index contributed by atoms with van der Waals surface area (Å²) in [6, 6.07) is 0.129. The van der Waals surface area contributed by atoms with Gasteiger partial charge >= 0.3 is 5.97 Å². The number of hydrogen-bond donors (Lipinski definition) is 1. The molecule has 1 aromatic rings.